The number of hydrogen-bond acceptors (Lipinski definition) is 3. The van der Waals surface area contributed by atoms with Crippen molar-refractivity contribution in [1.82, 2.24) is 14.8 Å². The maximum atomic E-state index is 13.3. The Kier molecular flexibility index (Phi) is 4.40. The minimum Gasteiger partial charge on any atom is -0.294 e. The van der Waals surface area contributed by atoms with Gasteiger partial charge in [-0.05, 0) is 48.6 Å². The number of aromatic nitrogens is 3. The molecule has 0 aliphatic heterocycles. The molecular formula is C25H22BrN3O. The molecule has 150 valence electrons. The standard InChI is InChI=1S/C25H22BrN3O/c1-15-21-22(16-9-11-17(26)12-10-16)23-19(13-25(2,3)14-20(23)30)27-24(21)29(28-15)18-7-5-4-6-8-18/h4-12H,13-14H2,1-3H3. The van der Waals surface area contributed by atoms with Gasteiger partial charge >= 0.3 is 0 Å². The van der Waals surface area contributed by atoms with Crippen LogP contribution >= 0.6 is 15.9 Å². The lowest BCUT2D eigenvalue weighted by atomic mass is 9.73. The summed E-state index contributed by atoms with van der Waals surface area (Å²) in [5, 5.41) is 5.78. The Labute approximate surface area is 184 Å². The summed E-state index contributed by atoms with van der Waals surface area (Å²) in [7, 11) is 0. The lowest BCUT2D eigenvalue weighted by Gasteiger charge is -2.31. The molecule has 0 amide bonds. The number of para-hydroxylation sites is 1. The number of carbonyl (C=O) groups is 1. The Morgan fingerprint density at radius 3 is 2.37 bits per heavy atom. The van der Waals surface area contributed by atoms with Crippen LogP contribution in [0.25, 0.3) is 27.8 Å². The fourth-order valence-electron chi connectivity index (χ4n) is 4.49. The lowest BCUT2D eigenvalue weighted by molar-refractivity contribution is 0.0911. The van der Waals surface area contributed by atoms with Gasteiger partial charge in [-0.25, -0.2) is 9.67 Å². The number of fused-ring (bicyclic) bond motifs is 2. The maximum absolute atomic E-state index is 13.3. The number of rotatable bonds is 2. The first-order valence-electron chi connectivity index (χ1n) is 10.1. The van der Waals surface area contributed by atoms with E-state index in [1.54, 1.807) is 0 Å². The highest BCUT2D eigenvalue weighted by Crippen LogP contribution is 2.42. The molecule has 0 bridgehead atoms. The van der Waals surface area contributed by atoms with Crippen LogP contribution < -0.4 is 0 Å². The van der Waals surface area contributed by atoms with Crippen molar-refractivity contribution in [3.63, 3.8) is 0 Å². The van der Waals surface area contributed by atoms with Crippen LogP contribution in [0.5, 0.6) is 0 Å². The quantitative estimate of drug-likeness (QED) is 0.352. The molecule has 0 N–H and O–H groups in total. The Morgan fingerprint density at radius 2 is 1.67 bits per heavy atom. The molecule has 0 saturated carbocycles. The number of hydrogen-bond donors (Lipinski definition) is 0. The number of nitrogens with zero attached hydrogens (tertiary/aromatic N) is 3. The van der Waals surface area contributed by atoms with Crippen LogP contribution in [0.2, 0.25) is 0 Å². The average molecular weight is 460 g/mol. The van der Waals surface area contributed by atoms with E-state index in [0.29, 0.717) is 6.42 Å². The first-order chi connectivity index (χ1) is 14.3. The van der Waals surface area contributed by atoms with Gasteiger partial charge < -0.3 is 0 Å². The Bertz CT molecular complexity index is 1290. The van der Waals surface area contributed by atoms with E-state index in [9.17, 15) is 4.79 Å². The summed E-state index contributed by atoms with van der Waals surface area (Å²) in [5.41, 5.74) is 6.16. The van der Waals surface area contributed by atoms with Crippen molar-refractivity contribution in [2.75, 3.05) is 0 Å². The number of Topliss-reactive ketones (excluding diaryl/α,β-unsaturated/α-hetero) is 1. The molecule has 5 rings (SSSR count). The molecular weight excluding hydrogens is 438 g/mol. The van der Waals surface area contributed by atoms with Gasteiger partial charge in [-0.2, -0.15) is 5.10 Å². The topological polar surface area (TPSA) is 47.8 Å². The van der Waals surface area contributed by atoms with Gasteiger partial charge in [0.2, 0.25) is 0 Å². The van der Waals surface area contributed by atoms with Gasteiger partial charge in [0.05, 0.1) is 22.5 Å². The monoisotopic (exact) mass is 459 g/mol. The van der Waals surface area contributed by atoms with E-state index < -0.39 is 0 Å². The van der Waals surface area contributed by atoms with Gasteiger partial charge in [0.15, 0.2) is 11.4 Å². The average Bonchev–Trinajstić information content (AvgIpc) is 3.03. The predicted octanol–water partition coefficient (Wildman–Crippen LogP) is 6.31. The fourth-order valence-corrected chi connectivity index (χ4v) is 4.75. The summed E-state index contributed by atoms with van der Waals surface area (Å²) < 4.78 is 2.91. The fraction of sp³-hybridized carbons (Fsp3) is 0.240. The molecule has 1 aliphatic carbocycles. The number of pyridine rings is 1. The van der Waals surface area contributed by atoms with Crippen molar-refractivity contribution < 1.29 is 4.79 Å². The van der Waals surface area contributed by atoms with Gasteiger partial charge in [0, 0.05) is 22.0 Å². The van der Waals surface area contributed by atoms with Crippen LogP contribution in [0.3, 0.4) is 0 Å². The smallest absolute Gasteiger partial charge is 0.165 e. The summed E-state index contributed by atoms with van der Waals surface area (Å²) in [5.74, 6) is 0.167. The third-order valence-electron chi connectivity index (χ3n) is 5.76. The molecule has 0 spiro atoms. The zero-order valence-electron chi connectivity index (χ0n) is 17.2. The van der Waals surface area contributed by atoms with Crippen LogP contribution in [0.1, 0.15) is 42.0 Å². The third kappa shape index (κ3) is 3.08. The Morgan fingerprint density at radius 1 is 0.967 bits per heavy atom. The molecule has 2 aromatic carbocycles. The van der Waals surface area contributed by atoms with Crippen LogP contribution in [-0.2, 0) is 6.42 Å². The van der Waals surface area contributed by atoms with E-state index in [2.05, 4.69) is 41.9 Å². The summed E-state index contributed by atoms with van der Waals surface area (Å²) >= 11 is 3.52. The Hall–Kier alpha value is -2.79. The molecule has 0 unspecified atom stereocenters. The highest BCUT2D eigenvalue weighted by atomic mass is 79.9. The van der Waals surface area contributed by atoms with Crippen molar-refractivity contribution in [2.24, 2.45) is 5.41 Å². The first-order valence-corrected chi connectivity index (χ1v) is 10.9. The van der Waals surface area contributed by atoms with Gasteiger partial charge in [-0.3, -0.25) is 4.79 Å². The second kappa shape index (κ2) is 6.88. The maximum Gasteiger partial charge on any atom is 0.165 e. The molecule has 0 atom stereocenters. The molecule has 0 radical (unpaired) electrons. The first kappa shape index (κ1) is 19.2. The third-order valence-corrected chi connectivity index (χ3v) is 6.29. The zero-order valence-corrected chi connectivity index (χ0v) is 18.8. The second-order valence-corrected chi connectivity index (χ2v) is 9.70. The molecule has 0 fully saturated rings. The molecule has 5 heteroatoms. The summed E-state index contributed by atoms with van der Waals surface area (Å²) in [4.78, 5) is 18.4. The van der Waals surface area contributed by atoms with Crippen molar-refractivity contribution in [3.05, 3.63) is 76.0 Å². The number of ketones is 1. The molecule has 1 aliphatic rings. The van der Waals surface area contributed by atoms with Crippen molar-refractivity contribution in [3.8, 4) is 16.8 Å². The highest BCUT2D eigenvalue weighted by Gasteiger charge is 2.36. The minimum atomic E-state index is -0.103. The minimum absolute atomic E-state index is 0.103. The molecule has 2 heterocycles. The van der Waals surface area contributed by atoms with Crippen molar-refractivity contribution in [2.45, 2.75) is 33.6 Å². The normalized spacial score (nSPS) is 15.4. The van der Waals surface area contributed by atoms with Crippen LogP contribution in [0.4, 0.5) is 0 Å². The van der Waals surface area contributed by atoms with E-state index in [1.165, 1.54) is 0 Å². The summed E-state index contributed by atoms with van der Waals surface area (Å²) in [6, 6.07) is 18.2. The van der Waals surface area contributed by atoms with Crippen LogP contribution in [0.15, 0.2) is 59.1 Å². The molecule has 30 heavy (non-hydrogen) atoms. The SMILES string of the molecule is Cc1nn(-c2ccccc2)c2nc3c(c(-c4ccc(Br)cc4)c12)C(=O)CC(C)(C)C3. The van der Waals surface area contributed by atoms with E-state index >= 15 is 0 Å². The molecule has 4 nitrogen and oxygen atoms in total. The van der Waals surface area contributed by atoms with Crippen LogP contribution in [-0.4, -0.2) is 20.5 Å². The van der Waals surface area contributed by atoms with Gasteiger partial charge in [0.25, 0.3) is 0 Å². The van der Waals surface area contributed by atoms with Gasteiger partial charge in [-0.15, -0.1) is 0 Å². The largest absolute Gasteiger partial charge is 0.294 e. The van der Waals surface area contributed by atoms with E-state index in [-0.39, 0.29) is 11.2 Å². The summed E-state index contributed by atoms with van der Waals surface area (Å²) in [6.07, 6.45) is 1.30. The van der Waals surface area contributed by atoms with Gasteiger partial charge in [-0.1, -0.05) is 60.1 Å². The van der Waals surface area contributed by atoms with Crippen molar-refractivity contribution >= 4 is 32.7 Å². The number of benzene rings is 2. The van der Waals surface area contributed by atoms with Crippen LogP contribution in [0, 0.1) is 12.3 Å². The predicted molar refractivity (Wildman–Crippen MR) is 123 cm³/mol. The molecule has 4 aromatic rings. The van der Waals surface area contributed by atoms with Gasteiger partial charge in [0.1, 0.15) is 0 Å². The number of carbonyl (C=O) groups excluding carboxylic acids is 1. The zero-order chi connectivity index (χ0) is 21.0. The van der Waals surface area contributed by atoms with Crippen molar-refractivity contribution in [1.29, 1.82) is 0 Å². The molecule has 0 saturated heterocycles. The van der Waals surface area contributed by atoms with E-state index in [1.807, 2.05) is 54.1 Å². The number of aryl methyl sites for hydroxylation is 1. The lowest BCUT2D eigenvalue weighted by Crippen LogP contribution is -2.28. The van der Waals surface area contributed by atoms with E-state index in [4.69, 9.17) is 10.1 Å². The second-order valence-electron chi connectivity index (χ2n) is 8.79. The highest BCUT2D eigenvalue weighted by molar-refractivity contribution is 9.10. The number of halogens is 1. The molecule has 2 aromatic heterocycles. The summed E-state index contributed by atoms with van der Waals surface area (Å²) in [6.45, 7) is 6.27. The Balaban J connectivity index is 1.90. The van der Waals surface area contributed by atoms with E-state index in [0.717, 1.165) is 55.7 Å².